The minimum Gasteiger partial charge on any atom is -0.390 e. The van der Waals surface area contributed by atoms with E-state index in [0.717, 1.165) is 12.8 Å². The Hall–Kier alpha value is -0.510. The second-order valence-corrected chi connectivity index (χ2v) is 5.08. The first-order valence-electron chi connectivity index (χ1n) is 5.31. The Morgan fingerprint density at radius 2 is 2.00 bits per heavy atom. The molecule has 0 aliphatic carbocycles. The van der Waals surface area contributed by atoms with Gasteiger partial charge in [0.2, 0.25) is 0 Å². The van der Waals surface area contributed by atoms with Gasteiger partial charge in [-0.05, 0) is 31.9 Å². The highest BCUT2D eigenvalue weighted by atomic mass is 32.2. The van der Waals surface area contributed by atoms with Crippen molar-refractivity contribution in [2.24, 2.45) is 0 Å². The zero-order valence-corrected chi connectivity index (χ0v) is 9.61. The molecule has 0 amide bonds. The number of benzene rings is 1. The third-order valence-corrected chi connectivity index (χ3v) is 3.77. The summed E-state index contributed by atoms with van der Waals surface area (Å²) >= 11 is 1.74. The molecule has 1 saturated heterocycles. The van der Waals surface area contributed by atoms with Crippen molar-refractivity contribution in [3.8, 4) is 0 Å². The lowest BCUT2D eigenvalue weighted by atomic mass is 10.1. The van der Waals surface area contributed by atoms with Crippen LogP contribution in [0.2, 0.25) is 0 Å². The number of ether oxygens (including phenoxy) is 1. The molecule has 1 unspecified atom stereocenters. The number of aliphatic hydroxyl groups is 1. The molecule has 0 saturated carbocycles. The predicted molar refractivity (Wildman–Crippen MR) is 61.9 cm³/mol. The maximum atomic E-state index is 9.53. The van der Waals surface area contributed by atoms with Crippen molar-refractivity contribution in [1.29, 1.82) is 0 Å². The molecule has 3 heteroatoms. The molecular weight excluding hydrogens is 208 g/mol. The van der Waals surface area contributed by atoms with Crippen molar-refractivity contribution in [3.05, 3.63) is 30.3 Å². The van der Waals surface area contributed by atoms with E-state index in [2.05, 4.69) is 12.1 Å². The topological polar surface area (TPSA) is 29.5 Å². The highest BCUT2D eigenvalue weighted by Gasteiger charge is 2.26. The summed E-state index contributed by atoms with van der Waals surface area (Å²) in [6, 6.07) is 10.2. The molecule has 1 heterocycles. The van der Waals surface area contributed by atoms with Gasteiger partial charge in [0.25, 0.3) is 0 Å². The van der Waals surface area contributed by atoms with Crippen LogP contribution in [0.1, 0.15) is 19.8 Å². The van der Waals surface area contributed by atoms with Gasteiger partial charge in [-0.3, -0.25) is 0 Å². The SMILES string of the molecule is C[C@@H]1OC(Sc2ccccc2)CC[C@H]1O. The van der Waals surface area contributed by atoms with Crippen LogP contribution in [-0.2, 0) is 4.74 Å². The molecule has 82 valence electrons. The average Bonchev–Trinajstić information content (AvgIpc) is 2.25. The molecule has 1 aliphatic rings. The van der Waals surface area contributed by atoms with E-state index in [0.29, 0.717) is 0 Å². The second kappa shape index (κ2) is 5.01. The summed E-state index contributed by atoms with van der Waals surface area (Å²) in [5.74, 6) is 0. The number of aliphatic hydroxyl groups excluding tert-OH is 1. The van der Waals surface area contributed by atoms with Gasteiger partial charge >= 0.3 is 0 Å². The number of hydrogen-bond donors (Lipinski definition) is 1. The Balaban J connectivity index is 1.91. The number of thioether (sulfide) groups is 1. The van der Waals surface area contributed by atoms with Crippen molar-refractivity contribution >= 4 is 11.8 Å². The van der Waals surface area contributed by atoms with Gasteiger partial charge in [0, 0.05) is 4.90 Å². The summed E-state index contributed by atoms with van der Waals surface area (Å²) in [6.45, 7) is 1.93. The lowest BCUT2D eigenvalue weighted by Gasteiger charge is -2.31. The second-order valence-electron chi connectivity index (χ2n) is 3.85. The Bertz CT molecular complexity index is 302. The van der Waals surface area contributed by atoms with Crippen LogP contribution in [0.3, 0.4) is 0 Å². The van der Waals surface area contributed by atoms with Crippen LogP contribution < -0.4 is 0 Å². The lowest BCUT2D eigenvalue weighted by Crippen LogP contribution is -2.35. The van der Waals surface area contributed by atoms with Crippen LogP contribution in [0.15, 0.2) is 35.2 Å². The van der Waals surface area contributed by atoms with Gasteiger partial charge in [-0.1, -0.05) is 30.0 Å². The molecule has 0 radical (unpaired) electrons. The quantitative estimate of drug-likeness (QED) is 0.837. The molecule has 2 rings (SSSR count). The van der Waals surface area contributed by atoms with Crippen LogP contribution in [0.4, 0.5) is 0 Å². The predicted octanol–water partition coefficient (Wildman–Crippen LogP) is 2.66. The van der Waals surface area contributed by atoms with E-state index >= 15 is 0 Å². The van der Waals surface area contributed by atoms with Crippen LogP contribution in [0.25, 0.3) is 0 Å². The first kappa shape index (κ1) is 11.0. The molecule has 0 aromatic heterocycles. The Kier molecular flexibility index (Phi) is 3.67. The number of rotatable bonds is 2. The van der Waals surface area contributed by atoms with Gasteiger partial charge in [-0.2, -0.15) is 0 Å². The maximum Gasteiger partial charge on any atom is 0.108 e. The van der Waals surface area contributed by atoms with Gasteiger partial charge in [0.1, 0.15) is 5.44 Å². The standard InChI is InChI=1S/C12H16O2S/c1-9-11(13)7-8-12(14-9)15-10-5-3-2-4-6-10/h2-6,9,11-13H,7-8H2,1H3/t9-,11+,12?/m0/s1. The number of hydrogen-bond acceptors (Lipinski definition) is 3. The molecular formula is C12H16O2S. The van der Waals surface area contributed by atoms with Crippen LogP contribution >= 0.6 is 11.8 Å². The van der Waals surface area contributed by atoms with Crippen LogP contribution in [0, 0.1) is 0 Å². The summed E-state index contributed by atoms with van der Waals surface area (Å²) in [5, 5.41) is 9.53. The van der Waals surface area contributed by atoms with Crippen molar-refractivity contribution in [2.75, 3.05) is 0 Å². The van der Waals surface area contributed by atoms with E-state index in [1.165, 1.54) is 4.90 Å². The van der Waals surface area contributed by atoms with Crippen LogP contribution in [0.5, 0.6) is 0 Å². The molecule has 1 fully saturated rings. The third-order valence-electron chi connectivity index (χ3n) is 2.62. The molecule has 2 nitrogen and oxygen atoms in total. The maximum absolute atomic E-state index is 9.53. The minimum absolute atomic E-state index is 0.0417. The highest BCUT2D eigenvalue weighted by Crippen LogP contribution is 2.32. The van der Waals surface area contributed by atoms with Gasteiger partial charge in [-0.15, -0.1) is 0 Å². The van der Waals surface area contributed by atoms with E-state index in [1.807, 2.05) is 25.1 Å². The normalized spacial score (nSPS) is 31.5. The fraction of sp³-hybridized carbons (Fsp3) is 0.500. The first-order valence-corrected chi connectivity index (χ1v) is 6.19. The fourth-order valence-corrected chi connectivity index (χ4v) is 2.78. The van der Waals surface area contributed by atoms with E-state index in [-0.39, 0.29) is 17.6 Å². The minimum atomic E-state index is -0.294. The average molecular weight is 224 g/mol. The monoisotopic (exact) mass is 224 g/mol. The summed E-state index contributed by atoms with van der Waals surface area (Å²) in [5.41, 5.74) is 0.186. The molecule has 1 aliphatic heterocycles. The summed E-state index contributed by atoms with van der Waals surface area (Å²) in [4.78, 5) is 1.23. The smallest absolute Gasteiger partial charge is 0.108 e. The first-order chi connectivity index (χ1) is 7.25. The van der Waals surface area contributed by atoms with E-state index in [9.17, 15) is 5.11 Å². The van der Waals surface area contributed by atoms with Gasteiger partial charge in [0.15, 0.2) is 0 Å². The van der Waals surface area contributed by atoms with Crippen molar-refractivity contribution in [3.63, 3.8) is 0 Å². The van der Waals surface area contributed by atoms with E-state index in [1.54, 1.807) is 11.8 Å². The van der Waals surface area contributed by atoms with Crippen molar-refractivity contribution in [2.45, 2.75) is 42.3 Å². The molecule has 15 heavy (non-hydrogen) atoms. The zero-order chi connectivity index (χ0) is 10.7. The molecule has 1 aromatic rings. The summed E-state index contributed by atoms with van der Waals surface area (Å²) in [7, 11) is 0. The van der Waals surface area contributed by atoms with Gasteiger partial charge in [0.05, 0.1) is 12.2 Å². The van der Waals surface area contributed by atoms with Gasteiger partial charge < -0.3 is 9.84 Å². The molecule has 3 atom stereocenters. The molecule has 1 aromatic carbocycles. The van der Waals surface area contributed by atoms with E-state index < -0.39 is 0 Å². The highest BCUT2D eigenvalue weighted by molar-refractivity contribution is 7.99. The summed E-state index contributed by atoms with van der Waals surface area (Å²) in [6.07, 6.45) is 1.43. The van der Waals surface area contributed by atoms with Crippen molar-refractivity contribution < 1.29 is 9.84 Å². The molecule has 0 bridgehead atoms. The largest absolute Gasteiger partial charge is 0.390 e. The fourth-order valence-electron chi connectivity index (χ4n) is 1.68. The Morgan fingerprint density at radius 3 is 2.67 bits per heavy atom. The van der Waals surface area contributed by atoms with E-state index in [4.69, 9.17) is 4.74 Å². The van der Waals surface area contributed by atoms with Crippen LogP contribution in [-0.4, -0.2) is 22.8 Å². The zero-order valence-electron chi connectivity index (χ0n) is 8.80. The third kappa shape index (κ3) is 2.97. The Morgan fingerprint density at radius 1 is 1.27 bits per heavy atom. The van der Waals surface area contributed by atoms with Gasteiger partial charge in [-0.25, -0.2) is 0 Å². The lowest BCUT2D eigenvalue weighted by molar-refractivity contribution is -0.0766. The summed E-state index contributed by atoms with van der Waals surface area (Å²) < 4.78 is 5.72. The Labute approximate surface area is 94.6 Å². The molecule has 0 spiro atoms. The molecule has 1 N–H and O–H groups in total. The van der Waals surface area contributed by atoms with Crippen molar-refractivity contribution in [1.82, 2.24) is 0 Å².